The molecule has 0 radical (unpaired) electrons. The SMILES string of the molecule is CCCc1ccc(OCc2ccc(C(=O)Nc3c(C(=O)OCC)cnn3-c3ccccc3)o2)cc1. The second-order valence-electron chi connectivity index (χ2n) is 7.78. The number of esters is 1. The summed E-state index contributed by atoms with van der Waals surface area (Å²) in [6.45, 7) is 4.23. The summed E-state index contributed by atoms with van der Waals surface area (Å²) in [5.41, 5.74) is 2.08. The highest BCUT2D eigenvalue weighted by atomic mass is 16.5. The summed E-state index contributed by atoms with van der Waals surface area (Å²) in [6.07, 6.45) is 3.48. The highest BCUT2D eigenvalue weighted by Crippen LogP contribution is 2.23. The fourth-order valence-electron chi connectivity index (χ4n) is 3.53. The first-order valence-corrected chi connectivity index (χ1v) is 11.5. The third kappa shape index (κ3) is 5.78. The smallest absolute Gasteiger partial charge is 0.343 e. The van der Waals surface area contributed by atoms with Crippen LogP contribution in [0.1, 0.15) is 52.5 Å². The zero-order chi connectivity index (χ0) is 24.6. The first-order valence-electron chi connectivity index (χ1n) is 11.5. The van der Waals surface area contributed by atoms with E-state index in [4.69, 9.17) is 13.9 Å². The number of benzene rings is 2. The molecule has 2 heterocycles. The number of hydrogen-bond acceptors (Lipinski definition) is 6. The molecule has 0 aliphatic carbocycles. The van der Waals surface area contributed by atoms with E-state index in [1.165, 1.54) is 16.4 Å². The number of anilines is 1. The molecule has 4 rings (SSSR count). The van der Waals surface area contributed by atoms with Crippen LogP contribution in [0, 0.1) is 0 Å². The van der Waals surface area contributed by atoms with Gasteiger partial charge in [-0.1, -0.05) is 43.7 Å². The number of furan rings is 1. The molecule has 0 unspecified atom stereocenters. The molecule has 2 aromatic carbocycles. The molecule has 35 heavy (non-hydrogen) atoms. The molecular formula is C27H27N3O5. The number of nitrogens with one attached hydrogen (secondary N) is 1. The average molecular weight is 474 g/mol. The number of ether oxygens (including phenoxy) is 2. The molecule has 0 aliphatic heterocycles. The summed E-state index contributed by atoms with van der Waals surface area (Å²) in [5.74, 6) is 0.387. The van der Waals surface area contributed by atoms with Crippen LogP contribution in [-0.4, -0.2) is 28.3 Å². The summed E-state index contributed by atoms with van der Waals surface area (Å²) < 4.78 is 18.1. The van der Waals surface area contributed by atoms with Crippen LogP contribution in [0.4, 0.5) is 5.82 Å². The van der Waals surface area contributed by atoms with Gasteiger partial charge in [-0.25, -0.2) is 9.48 Å². The quantitative estimate of drug-likeness (QED) is 0.309. The first kappa shape index (κ1) is 23.8. The summed E-state index contributed by atoms with van der Waals surface area (Å²) in [7, 11) is 0. The number of carbonyl (C=O) groups is 2. The Kier molecular flexibility index (Phi) is 7.62. The minimum absolute atomic E-state index is 0.0810. The monoisotopic (exact) mass is 473 g/mol. The van der Waals surface area contributed by atoms with Gasteiger partial charge in [-0.3, -0.25) is 4.79 Å². The average Bonchev–Trinajstić information content (AvgIpc) is 3.52. The number of para-hydroxylation sites is 1. The molecule has 8 nitrogen and oxygen atoms in total. The summed E-state index contributed by atoms with van der Waals surface area (Å²) in [5, 5.41) is 7.02. The predicted octanol–water partition coefficient (Wildman–Crippen LogP) is 5.43. The molecule has 0 bridgehead atoms. The van der Waals surface area contributed by atoms with Crippen LogP contribution in [0.5, 0.6) is 5.75 Å². The molecule has 8 heteroatoms. The van der Waals surface area contributed by atoms with Crippen LogP contribution in [0.3, 0.4) is 0 Å². The highest BCUT2D eigenvalue weighted by molar-refractivity contribution is 6.06. The molecule has 1 N–H and O–H groups in total. The van der Waals surface area contributed by atoms with Gasteiger partial charge < -0.3 is 19.2 Å². The lowest BCUT2D eigenvalue weighted by molar-refractivity contribution is 0.0527. The molecule has 0 spiro atoms. The number of carbonyl (C=O) groups excluding carboxylic acids is 2. The first-order chi connectivity index (χ1) is 17.1. The lowest BCUT2D eigenvalue weighted by Crippen LogP contribution is -2.17. The van der Waals surface area contributed by atoms with Crippen LogP contribution in [0.2, 0.25) is 0 Å². The lowest BCUT2D eigenvalue weighted by Gasteiger charge is -2.10. The van der Waals surface area contributed by atoms with Crippen molar-refractivity contribution in [3.63, 3.8) is 0 Å². The van der Waals surface area contributed by atoms with Crippen molar-refractivity contribution in [3.05, 3.63) is 95.6 Å². The van der Waals surface area contributed by atoms with Gasteiger partial charge in [0.15, 0.2) is 11.6 Å². The van der Waals surface area contributed by atoms with Crippen molar-refractivity contribution in [2.75, 3.05) is 11.9 Å². The van der Waals surface area contributed by atoms with Crippen LogP contribution in [0.25, 0.3) is 5.69 Å². The van der Waals surface area contributed by atoms with Crippen molar-refractivity contribution in [2.45, 2.75) is 33.3 Å². The third-order valence-electron chi connectivity index (χ3n) is 5.23. The topological polar surface area (TPSA) is 95.6 Å². The number of amides is 1. The van der Waals surface area contributed by atoms with E-state index in [0.29, 0.717) is 11.4 Å². The number of hydrogen-bond donors (Lipinski definition) is 1. The number of aryl methyl sites for hydroxylation is 1. The Hall–Kier alpha value is -4.33. The molecule has 2 aromatic heterocycles. The second kappa shape index (κ2) is 11.2. The fraction of sp³-hybridized carbons (Fsp3) is 0.222. The van der Waals surface area contributed by atoms with E-state index in [1.54, 1.807) is 19.1 Å². The zero-order valence-corrected chi connectivity index (χ0v) is 19.7. The molecule has 0 saturated carbocycles. The maximum absolute atomic E-state index is 13.0. The summed E-state index contributed by atoms with van der Waals surface area (Å²) in [6, 6.07) is 20.3. The number of rotatable bonds is 10. The minimum Gasteiger partial charge on any atom is -0.486 e. The Morgan fingerprint density at radius 2 is 1.77 bits per heavy atom. The predicted molar refractivity (Wildman–Crippen MR) is 131 cm³/mol. The van der Waals surface area contributed by atoms with Crippen molar-refractivity contribution in [1.29, 1.82) is 0 Å². The minimum atomic E-state index is -0.580. The van der Waals surface area contributed by atoms with Gasteiger partial charge in [0.2, 0.25) is 0 Å². The van der Waals surface area contributed by atoms with Gasteiger partial charge in [-0.15, -0.1) is 0 Å². The van der Waals surface area contributed by atoms with Gasteiger partial charge in [-0.2, -0.15) is 5.10 Å². The third-order valence-corrected chi connectivity index (χ3v) is 5.23. The van der Waals surface area contributed by atoms with E-state index < -0.39 is 11.9 Å². The Balaban J connectivity index is 1.48. The molecule has 0 aliphatic rings. The van der Waals surface area contributed by atoms with Crippen LogP contribution >= 0.6 is 0 Å². The van der Waals surface area contributed by atoms with Crippen molar-refractivity contribution >= 4 is 17.7 Å². The van der Waals surface area contributed by atoms with E-state index in [0.717, 1.165) is 18.6 Å². The van der Waals surface area contributed by atoms with Gasteiger partial charge in [0.1, 0.15) is 23.7 Å². The van der Waals surface area contributed by atoms with Gasteiger partial charge in [-0.05, 0) is 55.3 Å². The van der Waals surface area contributed by atoms with Crippen LogP contribution in [0.15, 0.2) is 77.3 Å². The number of nitrogens with zero attached hydrogens (tertiary/aromatic N) is 2. The Labute approximate surface area is 203 Å². The van der Waals surface area contributed by atoms with E-state index in [1.807, 2.05) is 54.6 Å². The molecule has 0 atom stereocenters. The highest BCUT2D eigenvalue weighted by Gasteiger charge is 2.23. The van der Waals surface area contributed by atoms with Crippen molar-refractivity contribution in [2.24, 2.45) is 0 Å². The summed E-state index contributed by atoms with van der Waals surface area (Å²) >= 11 is 0. The zero-order valence-electron chi connectivity index (χ0n) is 19.7. The molecule has 0 fully saturated rings. The molecule has 180 valence electrons. The molecule has 1 amide bonds. The second-order valence-corrected chi connectivity index (χ2v) is 7.78. The van der Waals surface area contributed by atoms with E-state index >= 15 is 0 Å². The Bertz CT molecular complexity index is 1280. The molecule has 4 aromatic rings. The number of aromatic nitrogens is 2. The van der Waals surface area contributed by atoms with Gasteiger partial charge in [0.25, 0.3) is 5.91 Å². The van der Waals surface area contributed by atoms with Crippen LogP contribution in [-0.2, 0) is 17.8 Å². The van der Waals surface area contributed by atoms with Crippen molar-refractivity contribution < 1.29 is 23.5 Å². The maximum Gasteiger partial charge on any atom is 0.343 e. The van der Waals surface area contributed by atoms with Crippen LogP contribution < -0.4 is 10.1 Å². The van der Waals surface area contributed by atoms with Gasteiger partial charge in [0.05, 0.1) is 18.5 Å². The normalized spacial score (nSPS) is 10.7. The van der Waals surface area contributed by atoms with Crippen molar-refractivity contribution in [3.8, 4) is 11.4 Å². The largest absolute Gasteiger partial charge is 0.486 e. The summed E-state index contributed by atoms with van der Waals surface area (Å²) in [4.78, 5) is 25.4. The van der Waals surface area contributed by atoms with E-state index in [9.17, 15) is 9.59 Å². The Morgan fingerprint density at radius 1 is 1.00 bits per heavy atom. The maximum atomic E-state index is 13.0. The van der Waals surface area contributed by atoms with Gasteiger partial charge in [0, 0.05) is 0 Å². The molecular weight excluding hydrogens is 446 g/mol. The standard InChI is InChI=1S/C27H27N3O5/c1-3-8-19-11-13-21(14-12-19)34-18-22-15-16-24(35-22)26(31)29-25-23(27(32)33-4-2)17-28-30(25)20-9-6-5-7-10-20/h5-7,9-17H,3-4,8,18H2,1-2H3,(H,29,31). The lowest BCUT2D eigenvalue weighted by atomic mass is 10.1. The molecule has 0 saturated heterocycles. The van der Waals surface area contributed by atoms with Gasteiger partial charge >= 0.3 is 5.97 Å². The Morgan fingerprint density at radius 3 is 2.49 bits per heavy atom. The van der Waals surface area contributed by atoms with Crippen molar-refractivity contribution in [1.82, 2.24) is 9.78 Å². The van der Waals surface area contributed by atoms with E-state index in [2.05, 4.69) is 17.3 Å². The van der Waals surface area contributed by atoms with E-state index in [-0.39, 0.29) is 30.4 Å². The fourth-order valence-corrected chi connectivity index (χ4v) is 3.53.